The molecule has 0 saturated carbocycles. The number of fused-ring (bicyclic) bond motifs is 2. The number of ether oxygens (including phenoxy) is 1. The van der Waals surface area contributed by atoms with Gasteiger partial charge in [-0.3, -0.25) is 19.2 Å². The molecule has 2 amide bonds. The van der Waals surface area contributed by atoms with Crippen LogP contribution in [-0.2, 0) is 24.8 Å². The molecule has 0 bridgehead atoms. The van der Waals surface area contributed by atoms with Crippen LogP contribution >= 0.6 is 0 Å². The predicted molar refractivity (Wildman–Crippen MR) is 115 cm³/mol. The van der Waals surface area contributed by atoms with Gasteiger partial charge in [-0.2, -0.15) is 13.9 Å². The Morgan fingerprint density at radius 1 is 1.18 bits per heavy atom. The molecule has 33 heavy (non-hydrogen) atoms. The van der Waals surface area contributed by atoms with E-state index < -0.39 is 12.0 Å². The monoisotopic (exact) mass is 453 g/mol. The largest absolute Gasteiger partial charge is 0.483 e. The van der Waals surface area contributed by atoms with Crippen molar-refractivity contribution >= 4 is 17.6 Å². The minimum absolute atomic E-state index is 0.00625. The van der Waals surface area contributed by atoms with E-state index in [9.17, 15) is 18.4 Å². The van der Waals surface area contributed by atoms with E-state index in [1.807, 2.05) is 12.1 Å². The lowest BCUT2D eigenvalue weighted by molar-refractivity contribution is -0.193. The number of nitrogens with one attached hydrogen (secondary N) is 1. The van der Waals surface area contributed by atoms with Gasteiger partial charge in [0.05, 0.1) is 17.9 Å². The van der Waals surface area contributed by atoms with E-state index in [1.54, 1.807) is 31.6 Å². The standard InChI is InChI=1S/C23H21F2N5O3/c1-12-17(13(2)29(3)28-12)11-30-20-19(33-23(24,25)22(30)32)7-6-18(27-20)15-5-4-14-8-9-26-21(31)16(14)10-15/h4-7,10H,8-9,11H2,1-3H3,(H,26,31). The number of rotatable bonds is 3. The van der Waals surface area contributed by atoms with Crippen molar-refractivity contribution in [3.8, 4) is 17.0 Å². The van der Waals surface area contributed by atoms with Gasteiger partial charge in [0.15, 0.2) is 11.6 Å². The topological polar surface area (TPSA) is 89.4 Å². The van der Waals surface area contributed by atoms with Crippen LogP contribution in [-0.4, -0.2) is 39.2 Å². The molecule has 2 aliphatic rings. The molecule has 5 rings (SSSR count). The minimum Gasteiger partial charge on any atom is -0.421 e. The van der Waals surface area contributed by atoms with Gasteiger partial charge in [0.2, 0.25) is 0 Å². The highest BCUT2D eigenvalue weighted by Gasteiger charge is 2.51. The van der Waals surface area contributed by atoms with Gasteiger partial charge in [-0.1, -0.05) is 12.1 Å². The molecule has 0 radical (unpaired) electrons. The average molecular weight is 453 g/mol. The van der Waals surface area contributed by atoms with E-state index in [0.29, 0.717) is 34.6 Å². The van der Waals surface area contributed by atoms with Crippen molar-refractivity contribution in [1.29, 1.82) is 0 Å². The van der Waals surface area contributed by atoms with Crippen molar-refractivity contribution in [3.63, 3.8) is 0 Å². The van der Waals surface area contributed by atoms with Crippen molar-refractivity contribution in [2.45, 2.75) is 32.9 Å². The lowest BCUT2D eigenvalue weighted by Crippen LogP contribution is -2.50. The Morgan fingerprint density at radius 2 is 1.97 bits per heavy atom. The molecule has 10 heteroatoms. The number of carbonyl (C=O) groups is 2. The number of hydrogen-bond acceptors (Lipinski definition) is 5. The third kappa shape index (κ3) is 3.42. The number of anilines is 1. The van der Waals surface area contributed by atoms with Crippen molar-refractivity contribution in [2.24, 2.45) is 7.05 Å². The summed E-state index contributed by atoms with van der Waals surface area (Å²) in [7, 11) is 1.75. The van der Waals surface area contributed by atoms with E-state index in [2.05, 4.69) is 15.4 Å². The summed E-state index contributed by atoms with van der Waals surface area (Å²) in [6.45, 7) is 4.02. The maximum atomic E-state index is 14.4. The molecule has 0 saturated heterocycles. The van der Waals surface area contributed by atoms with Gasteiger partial charge >= 0.3 is 12.0 Å². The van der Waals surface area contributed by atoms with Crippen LogP contribution in [0.4, 0.5) is 14.6 Å². The summed E-state index contributed by atoms with van der Waals surface area (Å²) >= 11 is 0. The second-order valence-electron chi connectivity index (χ2n) is 8.18. The van der Waals surface area contributed by atoms with E-state index >= 15 is 0 Å². The zero-order valence-electron chi connectivity index (χ0n) is 18.3. The first-order chi connectivity index (χ1) is 15.7. The number of aromatic nitrogens is 3. The first kappa shape index (κ1) is 21.0. The summed E-state index contributed by atoms with van der Waals surface area (Å²) in [6.07, 6.45) is -3.28. The van der Waals surface area contributed by atoms with Crippen molar-refractivity contribution in [3.05, 3.63) is 58.4 Å². The SMILES string of the molecule is Cc1nn(C)c(C)c1CN1C(=O)C(F)(F)Oc2ccc(-c3ccc4c(c3)C(=O)NCC4)nc21. The zero-order chi connectivity index (χ0) is 23.5. The number of benzene rings is 1. The smallest absolute Gasteiger partial charge is 0.421 e. The summed E-state index contributed by atoms with van der Waals surface area (Å²) in [4.78, 5) is 30.3. The maximum Gasteiger partial charge on any atom is 0.483 e. The lowest BCUT2D eigenvalue weighted by atomic mass is 9.96. The van der Waals surface area contributed by atoms with Crippen LogP contribution < -0.4 is 15.0 Å². The summed E-state index contributed by atoms with van der Waals surface area (Å²) < 4.78 is 35.1. The number of hydrogen-bond donors (Lipinski definition) is 1. The summed E-state index contributed by atoms with van der Waals surface area (Å²) in [5.41, 5.74) is 4.60. The Morgan fingerprint density at radius 3 is 2.70 bits per heavy atom. The van der Waals surface area contributed by atoms with Gasteiger partial charge in [0.1, 0.15) is 0 Å². The zero-order valence-corrected chi connectivity index (χ0v) is 18.3. The Kier molecular flexibility index (Phi) is 4.70. The summed E-state index contributed by atoms with van der Waals surface area (Å²) in [5, 5.41) is 7.11. The first-order valence-electron chi connectivity index (χ1n) is 10.5. The second-order valence-corrected chi connectivity index (χ2v) is 8.18. The highest BCUT2D eigenvalue weighted by Crippen LogP contribution is 2.40. The summed E-state index contributed by atoms with van der Waals surface area (Å²) in [6, 6.07) is 8.31. The molecular formula is C23H21F2N5O3. The molecule has 1 N–H and O–H groups in total. The maximum absolute atomic E-state index is 14.4. The third-order valence-corrected chi connectivity index (χ3v) is 6.13. The van der Waals surface area contributed by atoms with Crippen LogP contribution in [0.5, 0.6) is 5.75 Å². The molecule has 1 aromatic carbocycles. The first-order valence-corrected chi connectivity index (χ1v) is 10.5. The van der Waals surface area contributed by atoms with E-state index in [-0.39, 0.29) is 24.0 Å². The van der Waals surface area contributed by atoms with Crippen molar-refractivity contribution in [1.82, 2.24) is 20.1 Å². The number of aryl methyl sites for hydroxylation is 2. The Balaban J connectivity index is 1.60. The molecule has 3 aromatic rings. The van der Waals surface area contributed by atoms with Crippen molar-refractivity contribution in [2.75, 3.05) is 11.4 Å². The fourth-order valence-corrected chi connectivity index (χ4v) is 4.23. The van der Waals surface area contributed by atoms with Gasteiger partial charge in [-0.25, -0.2) is 4.98 Å². The van der Waals surface area contributed by atoms with Gasteiger partial charge in [0.25, 0.3) is 5.91 Å². The van der Waals surface area contributed by atoms with E-state index in [1.165, 1.54) is 12.1 Å². The van der Waals surface area contributed by atoms with Gasteiger partial charge in [0, 0.05) is 36.0 Å². The molecule has 2 aliphatic heterocycles. The van der Waals surface area contributed by atoms with E-state index in [0.717, 1.165) is 22.6 Å². The van der Waals surface area contributed by atoms with Crippen LogP contribution in [0.2, 0.25) is 0 Å². The lowest BCUT2D eigenvalue weighted by Gasteiger charge is -2.32. The molecule has 4 heterocycles. The van der Waals surface area contributed by atoms with Crippen LogP contribution in [0.25, 0.3) is 11.3 Å². The molecule has 0 unspecified atom stereocenters. The number of alkyl halides is 2. The molecule has 2 aromatic heterocycles. The molecule has 170 valence electrons. The van der Waals surface area contributed by atoms with Gasteiger partial charge in [-0.05, 0) is 44.0 Å². The van der Waals surface area contributed by atoms with Crippen LogP contribution in [0.3, 0.4) is 0 Å². The minimum atomic E-state index is -4.01. The number of carbonyl (C=O) groups excluding carboxylic acids is 2. The van der Waals surface area contributed by atoms with Crippen LogP contribution in [0, 0.1) is 13.8 Å². The Labute approximate surface area is 188 Å². The van der Waals surface area contributed by atoms with E-state index in [4.69, 9.17) is 4.74 Å². The number of pyridine rings is 1. The summed E-state index contributed by atoms with van der Waals surface area (Å²) in [5.74, 6) is -1.86. The highest BCUT2D eigenvalue weighted by atomic mass is 19.3. The number of amides is 2. The van der Waals surface area contributed by atoms with Gasteiger partial charge in [-0.15, -0.1) is 0 Å². The Bertz CT molecular complexity index is 1320. The molecule has 0 aliphatic carbocycles. The fraction of sp³-hybridized carbons (Fsp3) is 0.304. The molecule has 8 nitrogen and oxygen atoms in total. The van der Waals surface area contributed by atoms with Gasteiger partial charge < -0.3 is 10.1 Å². The highest BCUT2D eigenvalue weighted by molar-refractivity contribution is 6.00. The second kappa shape index (κ2) is 7.36. The number of nitrogens with zero attached hydrogens (tertiary/aromatic N) is 4. The average Bonchev–Trinajstić information content (AvgIpc) is 3.02. The molecular weight excluding hydrogens is 432 g/mol. The fourth-order valence-electron chi connectivity index (χ4n) is 4.23. The number of halogens is 2. The van der Waals surface area contributed by atoms with Crippen LogP contribution in [0.15, 0.2) is 30.3 Å². The van der Waals surface area contributed by atoms with Crippen molar-refractivity contribution < 1.29 is 23.1 Å². The third-order valence-electron chi connectivity index (χ3n) is 6.13. The normalized spacial score (nSPS) is 16.7. The molecule has 0 atom stereocenters. The predicted octanol–water partition coefficient (Wildman–Crippen LogP) is 2.90. The van der Waals surface area contributed by atoms with Crippen LogP contribution in [0.1, 0.15) is 32.9 Å². The molecule has 0 fully saturated rings. The Hall–Kier alpha value is -3.82. The molecule has 0 spiro atoms. The quantitative estimate of drug-likeness (QED) is 0.659.